The van der Waals surface area contributed by atoms with Crippen LogP contribution >= 0.6 is 0 Å². The van der Waals surface area contributed by atoms with Gasteiger partial charge >= 0.3 is 0 Å². The molecule has 5 nitrogen and oxygen atoms in total. The summed E-state index contributed by atoms with van der Waals surface area (Å²) in [7, 11) is 0. The third-order valence-corrected chi connectivity index (χ3v) is 4.43. The lowest BCUT2D eigenvalue weighted by Crippen LogP contribution is -2.51. The Bertz CT molecular complexity index is 816. The van der Waals surface area contributed by atoms with Gasteiger partial charge < -0.3 is 16.0 Å². The van der Waals surface area contributed by atoms with Crippen molar-refractivity contribution >= 4 is 17.5 Å². The number of hydrogen-bond acceptors (Lipinski definition) is 3. The topological polar surface area (TPSA) is 75.4 Å². The minimum Gasteiger partial charge on any atom is -0.381 e. The van der Waals surface area contributed by atoms with Crippen LogP contribution in [0, 0.1) is 0 Å². The molecule has 0 bridgehead atoms. The average Bonchev–Trinajstić information content (AvgIpc) is 2.65. The lowest BCUT2D eigenvalue weighted by molar-refractivity contribution is -0.122. The highest BCUT2D eigenvalue weighted by Gasteiger charge is 2.34. The molecule has 0 aromatic heterocycles. The Morgan fingerprint density at radius 2 is 1.84 bits per heavy atom. The summed E-state index contributed by atoms with van der Waals surface area (Å²) in [4.78, 5) is 26.7. The number of para-hydroxylation sites is 1. The van der Waals surface area contributed by atoms with Crippen LogP contribution in [0.1, 0.15) is 21.5 Å². The van der Waals surface area contributed by atoms with Crippen LogP contribution in [0.15, 0.2) is 61.2 Å². The molecule has 0 radical (unpaired) electrons. The quantitative estimate of drug-likeness (QED) is 0.824. The summed E-state index contributed by atoms with van der Waals surface area (Å²) in [6.07, 6.45) is 2.17. The van der Waals surface area contributed by atoms with E-state index in [4.69, 9.17) is 5.73 Å². The summed E-state index contributed by atoms with van der Waals surface area (Å²) in [6.45, 7) is 4.60. The minimum absolute atomic E-state index is 0.203. The molecule has 3 rings (SSSR count). The van der Waals surface area contributed by atoms with E-state index in [1.165, 1.54) is 0 Å². The van der Waals surface area contributed by atoms with Crippen LogP contribution in [-0.4, -0.2) is 29.3 Å². The first-order valence-electron chi connectivity index (χ1n) is 8.22. The molecule has 5 heteroatoms. The van der Waals surface area contributed by atoms with Crippen LogP contribution in [-0.2, 0) is 17.8 Å². The van der Waals surface area contributed by atoms with E-state index in [1.807, 2.05) is 42.5 Å². The van der Waals surface area contributed by atoms with Gasteiger partial charge in [0.2, 0.25) is 5.91 Å². The number of carbonyl (C=O) groups is 2. The van der Waals surface area contributed by atoms with Crippen molar-refractivity contribution in [3.05, 3.63) is 77.9 Å². The number of hydrogen-bond donors (Lipinski definition) is 2. The molecule has 0 saturated carbocycles. The highest BCUT2D eigenvalue weighted by molar-refractivity contribution is 6.02. The monoisotopic (exact) mass is 335 g/mol. The van der Waals surface area contributed by atoms with Crippen LogP contribution in [0.5, 0.6) is 0 Å². The molecule has 25 heavy (non-hydrogen) atoms. The van der Waals surface area contributed by atoms with Gasteiger partial charge in [0.05, 0.1) is 5.56 Å². The van der Waals surface area contributed by atoms with Crippen molar-refractivity contribution in [3.63, 3.8) is 0 Å². The zero-order valence-corrected chi connectivity index (χ0v) is 13.9. The summed E-state index contributed by atoms with van der Waals surface area (Å²) in [6, 6.07) is 14.5. The van der Waals surface area contributed by atoms with E-state index in [0.717, 1.165) is 16.8 Å². The van der Waals surface area contributed by atoms with Crippen LogP contribution in [0.2, 0.25) is 0 Å². The fourth-order valence-electron chi connectivity index (χ4n) is 3.15. The molecule has 1 aliphatic heterocycles. The molecule has 1 atom stereocenters. The number of anilines is 1. The van der Waals surface area contributed by atoms with Crippen molar-refractivity contribution in [2.24, 2.45) is 5.73 Å². The minimum atomic E-state index is -0.644. The fourth-order valence-corrected chi connectivity index (χ4v) is 3.15. The fraction of sp³-hybridized carbons (Fsp3) is 0.200. The summed E-state index contributed by atoms with van der Waals surface area (Å²) >= 11 is 0. The second kappa shape index (κ2) is 7.21. The number of fused-ring (bicyclic) bond motifs is 1. The summed E-state index contributed by atoms with van der Waals surface area (Å²) < 4.78 is 0. The Morgan fingerprint density at radius 3 is 2.56 bits per heavy atom. The van der Waals surface area contributed by atoms with E-state index in [2.05, 4.69) is 11.9 Å². The number of carbonyl (C=O) groups excluding carboxylic acids is 2. The zero-order valence-electron chi connectivity index (χ0n) is 13.9. The molecular weight excluding hydrogens is 314 g/mol. The highest BCUT2D eigenvalue weighted by Crippen LogP contribution is 2.27. The van der Waals surface area contributed by atoms with Gasteiger partial charge in [0.25, 0.3) is 5.91 Å². The molecule has 128 valence electrons. The van der Waals surface area contributed by atoms with Gasteiger partial charge in [-0.05, 0) is 23.3 Å². The van der Waals surface area contributed by atoms with Gasteiger partial charge in [-0.15, -0.1) is 6.58 Å². The molecule has 1 aliphatic rings. The van der Waals surface area contributed by atoms with E-state index >= 15 is 0 Å². The molecule has 0 unspecified atom stereocenters. The van der Waals surface area contributed by atoms with E-state index in [9.17, 15) is 9.59 Å². The predicted molar refractivity (Wildman–Crippen MR) is 98.1 cm³/mol. The van der Waals surface area contributed by atoms with Gasteiger partial charge in [-0.3, -0.25) is 9.59 Å². The maximum atomic E-state index is 13.2. The molecule has 2 aromatic carbocycles. The van der Waals surface area contributed by atoms with Crippen LogP contribution < -0.4 is 11.1 Å². The Hall–Kier alpha value is -3.08. The lowest BCUT2D eigenvalue weighted by Gasteiger charge is -2.35. The Balaban J connectivity index is 1.95. The molecule has 2 amide bonds. The molecule has 0 saturated heterocycles. The number of rotatable bonds is 5. The number of nitrogens with two attached hydrogens (primary N) is 1. The SMILES string of the molecule is C=CCNc1ccccc1C(=O)N1Cc2ccccc2C[C@H]1C(N)=O. The Kier molecular flexibility index (Phi) is 4.84. The van der Waals surface area contributed by atoms with E-state index in [-0.39, 0.29) is 5.91 Å². The van der Waals surface area contributed by atoms with Gasteiger partial charge in [0.1, 0.15) is 6.04 Å². The van der Waals surface area contributed by atoms with Gasteiger partial charge in [0.15, 0.2) is 0 Å². The second-order valence-electron chi connectivity index (χ2n) is 6.04. The Morgan fingerprint density at radius 1 is 1.16 bits per heavy atom. The smallest absolute Gasteiger partial charge is 0.256 e. The molecule has 0 aliphatic carbocycles. The maximum absolute atomic E-state index is 13.2. The van der Waals surface area contributed by atoms with E-state index < -0.39 is 11.9 Å². The van der Waals surface area contributed by atoms with E-state index in [1.54, 1.807) is 17.0 Å². The number of nitrogens with one attached hydrogen (secondary N) is 1. The van der Waals surface area contributed by atoms with Gasteiger partial charge in [-0.1, -0.05) is 42.5 Å². The molecular formula is C20H21N3O2. The first kappa shape index (κ1) is 16.8. The number of benzene rings is 2. The van der Waals surface area contributed by atoms with Gasteiger partial charge in [-0.2, -0.15) is 0 Å². The third kappa shape index (κ3) is 3.40. The van der Waals surface area contributed by atoms with Crippen molar-refractivity contribution in [1.29, 1.82) is 0 Å². The van der Waals surface area contributed by atoms with Crippen molar-refractivity contribution < 1.29 is 9.59 Å². The molecule has 0 spiro atoms. The Labute approximate surface area is 147 Å². The maximum Gasteiger partial charge on any atom is 0.256 e. The lowest BCUT2D eigenvalue weighted by atomic mass is 9.93. The number of amides is 2. The van der Waals surface area contributed by atoms with Crippen molar-refractivity contribution in [3.8, 4) is 0 Å². The van der Waals surface area contributed by atoms with Crippen LogP contribution in [0.25, 0.3) is 0 Å². The normalized spacial score (nSPS) is 16.0. The van der Waals surface area contributed by atoms with E-state index in [0.29, 0.717) is 25.1 Å². The average molecular weight is 335 g/mol. The summed E-state index contributed by atoms with van der Waals surface area (Å²) in [5.41, 5.74) is 8.94. The number of nitrogens with zero attached hydrogens (tertiary/aromatic N) is 1. The standard InChI is InChI=1S/C20H21N3O2/c1-2-11-22-17-10-6-5-9-16(17)20(25)23-13-15-8-4-3-7-14(15)12-18(23)19(21)24/h2-10,18,22H,1,11-13H2,(H2,21,24)/t18-/m0/s1. The molecule has 1 heterocycles. The molecule has 3 N–H and O–H groups in total. The van der Waals surface area contributed by atoms with Gasteiger partial charge in [-0.25, -0.2) is 0 Å². The largest absolute Gasteiger partial charge is 0.381 e. The van der Waals surface area contributed by atoms with Crippen LogP contribution in [0.3, 0.4) is 0 Å². The second-order valence-corrected chi connectivity index (χ2v) is 6.04. The van der Waals surface area contributed by atoms with Crippen LogP contribution in [0.4, 0.5) is 5.69 Å². The molecule has 0 fully saturated rings. The van der Waals surface area contributed by atoms with Gasteiger partial charge in [0, 0.05) is 25.2 Å². The first-order valence-corrected chi connectivity index (χ1v) is 8.22. The summed E-state index contributed by atoms with van der Waals surface area (Å²) in [5, 5.41) is 3.16. The van der Waals surface area contributed by atoms with Crippen molar-refractivity contribution in [1.82, 2.24) is 4.90 Å². The van der Waals surface area contributed by atoms with Crippen molar-refractivity contribution in [2.75, 3.05) is 11.9 Å². The highest BCUT2D eigenvalue weighted by atomic mass is 16.2. The summed E-state index contributed by atoms with van der Waals surface area (Å²) in [5.74, 6) is -0.690. The number of primary amides is 1. The van der Waals surface area contributed by atoms with Crippen molar-refractivity contribution in [2.45, 2.75) is 19.0 Å². The third-order valence-electron chi connectivity index (χ3n) is 4.43. The zero-order chi connectivity index (χ0) is 17.8. The predicted octanol–water partition coefficient (Wildman–Crippen LogP) is 2.34. The first-order chi connectivity index (χ1) is 12.1. The molecule has 2 aromatic rings.